The Kier molecular flexibility index (Phi) is 8.15. The molecule has 0 atom stereocenters. The first-order valence-corrected chi connectivity index (χ1v) is 11.5. The average Bonchev–Trinajstić information content (AvgIpc) is 3.33. The number of ether oxygens (including phenoxy) is 1. The second-order valence-electron chi connectivity index (χ2n) is 8.21. The monoisotopic (exact) mass is 496 g/mol. The number of unbranched alkanes of at least 4 members (excludes halogenated alkanes) is 1. The summed E-state index contributed by atoms with van der Waals surface area (Å²) in [7, 11) is 0. The maximum atomic E-state index is 14.0. The van der Waals surface area contributed by atoms with Crippen LogP contribution in [0.15, 0.2) is 77.5 Å². The van der Waals surface area contributed by atoms with Crippen LogP contribution in [0.5, 0.6) is 5.75 Å². The molecule has 2 aromatic carbocycles. The van der Waals surface area contributed by atoms with Crippen LogP contribution < -0.4 is 4.74 Å². The standard InChI is InChI=1S/C28H24F4N2O2/c29-26-17-22(28(30,31)32)12-10-21(26)11-15-27-34-24(19-36-27)18-35-25-13-8-20(9-14-25)5-1-2-6-23-7-3-4-16-33-23/h3-4,7-17,19H,1-2,5-6,18H2. The Morgan fingerprint density at radius 1 is 0.889 bits per heavy atom. The Morgan fingerprint density at radius 2 is 1.69 bits per heavy atom. The molecule has 0 saturated carbocycles. The lowest BCUT2D eigenvalue weighted by Gasteiger charge is -2.07. The van der Waals surface area contributed by atoms with Crippen LogP contribution in [0.2, 0.25) is 0 Å². The molecule has 0 aliphatic carbocycles. The molecule has 4 rings (SSSR count). The van der Waals surface area contributed by atoms with Gasteiger partial charge in [0.05, 0.1) is 5.56 Å². The van der Waals surface area contributed by atoms with Crippen molar-refractivity contribution in [1.29, 1.82) is 0 Å². The van der Waals surface area contributed by atoms with Crippen molar-refractivity contribution in [3.8, 4) is 5.75 Å². The molecule has 186 valence electrons. The van der Waals surface area contributed by atoms with Gasteiger partial charge in [0.15, 0.2) is 0 Å². The second kappa shape index (κ2) is 11.7. The van der Waals surface area contributed by atoms with Crippen LogP contribution in [0.1, 0.15) is 46.8 Å². The zero-order chi connectivity index (χ0) is 25.4. The molecule has 4 nitrogen and oxygen atoms in total. The largest absolute Gasteiger partial charge is 0.487 e. The highest BCUT2D eigenvalue weighted by atomic mass is 19.4. The third kappa shape index (κ3) is 7.28. The van der Waals surface area contributed by atoms with Crippen molar-refractivity contribution < 1.29 is 26.7 Å². The number of benzene rings is 2. The van der Waals surface area contributed by atoms with Gasteiger partial charge >= 0.3 is 6.18 Å². The first kappa shape index (κ1) is 25.2. The number of oxazole rings is 1. The van der Waals surface area contributed by atoms with Gasteiger partial charge in [-0.15, -0.1) is 0 Å². The van der Waals surface area contributed by atoms with Crippen LogP contribution in [0.4, 0.5) is 17.6 Å². The van der Waals surface area contributed by atoms with E-state index in [2.05, 4.69) is 9.97 Å². The lowest BCUT2D eigenvalue weighted by atomic mass is 10.1. The molecule has 4 aromatic rings. The van der Waals surface area contributed by atoms with Gasteiger partial charge in [-0.1, -0.05) is 24.3 Å². The normalized spacial score (nSPS) is 11.8. The SMILES string of the molecule is Fc1cc(C(F)(F)F)ccc1C=Cc1nc(COc2ccc(CCCCc3ccccn3)cc2)co1. The van der Waals surface area contributed by atoms with Gasteiger partial charge in [0.25, 0.3) is 0 Å². The highest BCUT2D eigenvalue weighted by Gasteiger charge is 2.30. The number of rotatable bonds is 10. The number of pyridine rings is 1. The van der Waals surface area contributed by atoms with Crippen LogP contribution in [-0.4, -0.2) is 9.97 Å². The summed E-state index contributed by atoms with van der Waals surface area (Å²) >= 11 is 0. The summed E-state index contributed by atoms with van der Waals surface area (Å²) in [6, 6.07) is 16.2. The molecule has 8 heteroatoms. The van der Waals surface area contributed by atoms with E-state index in [1.165, 1.54) is 24.0 Å². The molecule has 0 aliphatic rings. The van der Waals surface area contributed by atoms with E-state index in [0.29, 0.717) is 17.5 Å². The molecule has 0 radical (unpaired) electrons. The molecular weight excluding hydrogens is 472 g/mol. The summed E-state index contributed by atoms with van der Waals surface area (Å²) < 4.78 is 63.0. The van der Waals surface area contributed by atoms with Gasteiger partial charge in [-0.05, 0) is 73.7 Å². The molecule has 2 heterocycles. The fourth-order valence-electron chi connectivity index (χ4n) is 3.56. The van der Waals surface area contributed by atoms with Crippen molar-refractivity contribution in [1.82, 2.24) is 9.97 Å². The number of aryl methyl sites for hydroxylation is 2. The van der Waals surface area contributed by atoms with Crippen molar-refractivity contribution in [2.24, 2.45) is 0 Å². The van der Waals surface area contributed by atoms with Gasteiger partial charge in [-0.2, -0.15) is 13.2 Å². The molecule has 0 saturated heterocycles. The quantitative estimate of drug-likeness (QED) is 0.168. The maximum Gasteiger partial charge on any atom is 0.416 e. The Hall–Kier alpha value is -3.94. The second-order valence-corrected chi connectivity index (χ2v) is 8.21. The zero-order valence-corrected chi connectivity index (χ0v) is 19.3. The average molecular weight is 497 g/mol. The smallest absolute Gasteiger partial charge is 0.416 e. The van der Waals surface area contributed by atoms with Crippen molar-refractivity contribution in [3.63, 3.8) is 0 Å². The number of hydrogen-bond acceptors (Lipinski definition) is 4. The predicted molar refractivity (Wildman–Crippen MR) is 128 cm³/mol. The van der Waals surface area contributed by atoms with Gasteiger partial charge in [-0.25, -0.2) is 9.37 Å². The number of aromatic nitrogens is 2. The van der Waals surface area contributed by atoms with E-state index in [1.54, 1.807) is 0 Å². The maximum absolute atomic E-state index is 14.0. The summed E-state index contributed by atoms with van der Waals surface area (Å²) in [5, 5.41) is 0. The highest BCUT2D eigenvalue weighted by molar-refractivity contribution is 5.66. The Labute approximate surface area is 206 Å². The van der Waals surface area contributed by atoms with Gasteiger partial charge in [-0.3, -0.25) is 4.98 Å². The van der Waals surface area contributed by atoms with E-state index in [-0.39, 0.29) is 18.1 Å². The lowest BCUT2D eigenvalue weighted by molar-refractivity contribution is -0.137. The first-order valence-electron chi connectivity index (χ1n) is 11.5. The molecule has 0 N–H and O–H groups in total. The van der Waals surface area contributed by atoms with E-state index in [4.69, 9.17) is 9.15 Å². The minimum Gasteiger partial charge on any atom is -0.487 e. The van der Waals surface area contributed by atoms with E-state index in [1.807, 2.05) is 48.7 Å². The van der Waals surface area contributed by atoms with Crippen LogP contribution in [0.25, 0.3) is 12.2 Å². The third-order valence-corrected chi connectivity index (χ3v) is 5.49. The summed E-state index contributed by atoms with van der Waals surface area (Å²) in [4.78, 5) is 8.57. The van der Waals surface area contributed by atoms with Gasteiger partial charge in [0.1, 0.15) is 30.1 Å². The number of alkyl halides is 3. The topological polar surface area (TPSA) is 48.2 Å². The highest BCUT2D eigenvalue weighted by Crippen LogP contribution is 2.30. The van der Waals surface area contributed by atoms with E-state index in [9.17, 15) is 17.6 Å². The van der Waals surface area contributed by atoms with Crippen molar-refractivity contribution in [3.05, 3.63) is 113 Å². The summed E-state index contributed by atoms with van der Waals surface area (Å²) in [6.07, 6.45) is 5.42. The van der Waals surface area contributed by atoms with E-state index >= 15 is 0 Å². The van der Waals surface area contributed by atoms with Gasteiger partial charge < -0.3 is 9.15 Å². The van der Waals surface area contributed by atoms with E-state index < -0.39 is 17.6 Å². The molecule has 36 heavy (non-hydrogen) atoms. The molecule has 0 aliphatic heterocycles. The van der Waals surface area contributed by atoms with Crippen molar-refractivity contribution >= 4 is 12.2 Å². The van der Waals surface area contributed by atoms with Crippen LogP contribution in [-0.2, 0) is 25.6 Å². The number of halogens is 4. The van der Waals surface area contributed by atoms with Gasteiger partial charge in [0, 0.05) is 23.5 Å². The Morgan fingerprint density at radius 3 is 2.42 bits per heavy atom. The summed E-state index contributed by atoms with van der Waals surface area (Å²) in [6.45, 7) is 0.176. The summed E-state index contributed by atoms with van der Waals surface area (Å²) in [5.74, 6) is -0.0964. The fourth-order valence-corrected chi connectivity index (χ4v) is 3.56. The number of nitrogens with zero attached hydrogens (tertiary/aromatic N) is 2. The summed E-state index contributed by atoms with van der Waals surface area (Å²) in [5.41, 5.74) is 1.82. The van der Waals surface area contributed by atoms with Crippen molar-refractivity contribution in [2.45, 2.75) is 38.5 Å². The number of hydrogen-bond donors (Lipinski definition) is 0. The molecule has 0 fully saturated rings. The Bertz CT molecular complexity index is 1280. The van der Waals surface area contributed by atoms with Crippen molar-refractivity contribution in [2.75, 3.05) is 0 Å². The molecular formula is C28H24F4N2O2. The molecule has 0 bridgehead atoms. The molecule has 0 amide bonds. The zero-order valence-electron chi connectivity index (χ0n) is 19.3. The van der Waals surface area contributed by atoms with Gasteiger partial charge in [0.2, 0.25) is 5.89 Å². The van der Waals surface area contributed by atoms with E-state index in [0.717, 1.165) is 43.5 Å². The molecule has 0 unspecified atom stereocenters. The third-order valence-electron chi connectivity index (χ3n) is 5.49. The minimum absolute atomic E-state index is 0.00387. The fraction of sp³-hybridized carbons (Fsp3) is 0.214. The lowest BCUT2D eigenvalue weighted by Crippen LogP contribution is -2.05. The van der Waals surface area contributed by atoms with Crippen LogP contribution in [0.3, 0.4) is 0 Å². The van der Waals surface area contributed by atoms with Crippen LogP contribution >= 0.6 is 0 Å². The van der Waals surface area contributed by atoms with Crippen LogP contribution in [0, 0.1) is 5.82 Å². The minimum atomic E-state index is -4.60. The first-order chi connectivity index (χ1) is 17.4. The Balaban J connectivity index is 1.23. The molecule has 0 spiro atoms. The predicted octanol–water partition coefficient (Wildman–Crippen LogP) is 7.54. The molecule has 2 aromatic heterocycles.